The minimum atomic E-state index is -0.274. The molecule has 0 saturated carbocycles. The summed E-state index contributed by atoms with van der Waals surface area (Å²) in [6, 6.07) is 3.32. The highest BCUT2D eigenvalue weighted by Crippen LogP contribution is 2.27. The van der Waals surface area contributed by atoms with Crippen molar-refractivity contribution in [2.75, 3.05) is 11.9 Å². The first kappa shape index (κ1) is 15.8. The Bertz CT molecular complexity index is 924. The molecule has 7 nitrogen and oxygen atoms in total. The number of aromatic nitrogens is 4. The van der Waals surface area contributed by atoms with Crippen LogP contribution in [0.1, 0.15) is 19.3 Å². The summed E-state index contributed by atoms with van der Waals surface area (Å²) in [5.74, 6) is 1.19. The Hall–Kier alpha value is -2.67. The van der Waals surface area contributed by atoms with Crippen LogP contribution in [0.4, 0.5) is 5.82 Å². The Morgan fingerprint density at radius 3 is 3.12 bits per heavy atom. The highest BCUT2D eigenvalue weighted by molar-refractivity contribution is 6.31. The van der Waals surface area contributed by atoms with Gasteiger partial charge in [-0.05, 0) is 31.4 Å². The molecule has 4 rings (SSSR count). The fourth-order valence-electron chi connectivity index (χ4n) is 2.99. The van der Waals surface area contributed by atoms with E-state index >= 15 is 0 Å². The first-order chi connectivity index (χ1) is 12.2. The van der Waals surface area contributed by atoms with Gasteiger partial charge in [0.15, 0.2) is 5.82 Å². The zero-order valence-corrected chi connectivity index (χ0v) is 14.2. The molecule has 3 N–H and O–H groups in total. The second kappa shape index (κ2) is 6.68. The number of nitrogens with one attached hydrogen (secondary N) is 3. The molecule has 0 spiro atoms. The first-order valence-corrected chi connectivity index (χ1v) is 8.59. The van der Waals surface area contributed by atoms with E-state index in [1.54, 1.807) is 18.5 Å². The van der Waals surface area contributed by atoms with E-state index in [0.29, 0.717) is 16.7 Å². The second-order valence-electron chi connectivity index (χ2n) is 6.00. The number of nitrogens with zero attached hydrogens (tertiary/aromatic N) is 3. The number of anilines is 1. The van der Waals surface area contributed by atoms with Crippen LogP contribution in [0.3, 0.4) is 0 Å². The fourth-order valence-corrected chi connectivity index (χ4v) is 3.15. The molecule has 0 unspecified atom stereocenters. The molecule has 4 heterocycles. The number of carbonyl (C=O) groups is 1. The summed E-state index contributed by atoms with van der Waals surface area (Å²) in [6.07, 6.45) is 7.87. The third kappa shape index (κ3) is 3.28. The molecule has 3 aromatic rings. The zero-order valence-electron chi connectivity index (χ0n) is 13.4. The molecule has 25 heavy (non-hydrogen) atoms. The maximum absolute atomic E-state index is 12.1. The Labute approximate surface area is 149 Å². The van der Waals surface area contributed by atoms with Crippen LogP contribution in [0.5, 0.6) is 0 Å². The molecular weight excluding hydrogens is 340 g/mol. The number of amides is 1. The molecule has 1 saturated heterocycles. The highest BCUT2D eigenvalue weighted by atomic mass is 35.5. The Balaban J connectivity index is 1.64. The van der Waals surface area contributed by atoms with Gasteiger partial charge in [0.2, 0.25) is 5.91 Å². The van der Waals surface area contributed by atoms with E-state index < -0.39 is 0 Å². The lowest BCUT2D eigenvalue weighted by molar-refractivity contribution is -0.121. The minimum absolute atomic E-state index is 0.0146. The molecule has 0 bridgehead atoms. The molecule has 1 atom stereocenters. The van der Waals surface area contributed by atoms with E-state index in [0.717, 1.165) is 42.4 Å². The average Bonchev–Trinajstić information content (AvgIpc) is 2.93. The normalized spacial score (nSPS) is 18.0. The van der Waals surface area contributed by atoms with Crippen molar-refractivity contribution in [1.82, 2.24) is 25.3 Å². The molecule has 1 aliphatic heterocycles. The number of halogens is 1. The number of rotatable bonds is 3. The summed E-state index contributed by atoms with van der Waals surface area (Å²) in [7, 11) is 0. The van der Waals surface area contributed by atoms with Gasteiger partial charge in [0, 0.05) is 36.1 Å². The Morgan fingerprint density at radius 1 is 1.28 bits per heavy atom. The number of carbonyl (C=O) groups excluding carboxylic acids is 1. The van der Waals surface area contributed by atoms with Crippen LogP contribution in [0, 0.1) is 0 Å². The predicted octanol–water partition coefficient (Wildman–Crippen LogP) is 2.75. The lowest BCUT2D eigenvalue weighted by Gasteiger charge is -2.15. The van der Waals surface area contributed by atoms with Crippen LogP contribution in [-0.4, -0.2) is 38.4 Å². The largest absolute Gasteiger partial charge is 0.358 e. The van der Waals surface area contributed by atoms with E-state index in [-0.39, 0.29) is 11.9 Å². The molecule has 8 heteroatoms. The van der Waals surface area contributed by atoms with Crippen LogP contribution in [0.2, 0.25) is 5.02 Å². The molecule has 1 aliphatic rings. The van der Waals surface area contributed by atoms with E-state index in [9.17, 15) is 4.79 Å². The molecule has 0 aromatic carbocycles. The van der Waals surface area contributed by atoms with Crippen LogP contribution >= 0.6 is 11.6 Å². The maximum atomic E-state index is 12.1. The first-order valence-electron chi connectivity index (χ1n) is 8.21. The topological polar surface area (TPSA) is 95.6 Å². The van der Waals surface area contributed by atoms with Crippen molar-refractivity contribution in [3.8, 4) is 11.4 Å². The molecule has 3 aromatic heterocycles. The van der Waals surface area contributed by atoms with E-state index in [4.69, 9.17) is 11.6 Å². The number of hydrogen-bond donors (Lipinski definition) is 3. The van der Waals surface area contributed by atoms with Crippen molar-refractivity contribution >= 4 is 34.4 Å². The number of aromatic amines is 1. The van der Waals surface area contributed by atoms with E-state index in [2.05, 4.69) is 30.6 Å². The average molecular weight is 357 g/mol. The van der Waals surface area contributed by atoms with Gasteiger partial charge in [-0.25, -0.2) is 15.0 Å². The Morgan fingerprint density at radius 2 is 2.20 bits per heavy atom. The fraction of sp³-hybridized carbons (Fsp3) is 0.294. The van der Waals surface area contributed by atoms with E-state index in [1.807, 2.05) is 12.3 Å². The lowest BCUT2D eigenvalue weighted by Crippen LogP contribution is -2.38. The third-order valence-electron chi connectivity index (χ3n) is 4.25. The zero-order chi connectivity index (χ0) is 17.2. The van der Waals surface area contributed by atoms with Crippen LogP contribution in [0.15, 0.2) is 30.7 Å². The van der Waals surface area contributed by atoms with Crippen molar-refractivity contribution in [3.63, 3.8) is 0 Å². The molecule has 1 fully saturated rings. The van der Waals surface area contributed by atoms with Crippen molar-refractivity contribution in [1.29, 1.82) is 0 Å². The second-order valence-corrected chi connectivity index (χ2v) is 6.44. The third-order valence-corrected chi connectivity index (χ3v) is 4.46. The van der Waals surface area contributed by atoms with Crippen LogP contribution in [-0.2, 0) is 4.79 Å². The van der Waals surface area contributed by atoms with Crippen LogP contribution in [0.25, 0.3) is 22.4 Å². The van der Waals surface area contributed by atoms with Gasteiger partial charge in [0.05, 0.1) is 5.02 Å². The van der Waals surface area contributed by atoms with Gasteiger partial charge in [-0.2, -0.15) is 0 Å². The van der Waals surface area contributed by atoms with Gasteiger partial charge in [-0.15, -0.1) is 0 Å². The molecule has 0 radical (unpaired) electrons. The van der Waals surface area contributed by atoms with Gasteiger partial charge in [0.1, 0.15) is 17.5 Å². The standard InChI is InChI=1S/C17H17ClN6O/c18-10-7-11-12(9-22-15(11)21-8-10)16-19-6-4-14(24-16)23-13-3-1-2-5-20-17(13)25/h4,6-9,13H,1-3,5H2,(H,20,25)(H,21,22)(H,19,23,24)/t13-/m0/s1. The van der Waals surface area contributed by atoms with Crippen molar-refractivity contribution < 1.29 is 4.79 Å². The minimum Gasteiger partial charge on any atom is -0.358 e. The summed E-state index contributed by atoms with van der Waals surface area (Å²) >= 11 is 6.05. The number of H-pyrrole nitrogens is 1. The lowest BCUT2D eigenvalue weighted by atomic mass is 10.1. The number of pyridine rings is 1. The van der Waals surface area contributed by atoms with E-state index in [1.165, 1.54) is 0 Å². The Kier molecular flexibility index (Phi) is 4.23. The summed E-state index contributed by atoms with van der Waals surface area (Å²) in [5, 5.41) is 7.54. The smallest absolute Gasteiger partial charge is 0.242 e. The van der Waals surface area contributed by atoms with Gasteiger partial charge in [-0.3, -0.25) is 4.79 Å². The number of hydrogen-bond acceptors (Lipinski definition) is 5. The maximum Gasteiger partial charge on any atom is 0.242 e. The summed E-state index contributed by atoms with van der Waals surface area (Å²) < 4.78 is 0. The van der Waals surface area contributed by atoms with Gasteiger partial charge >= 0.3 is 0 Å². The van der Waals surface area contributed by atoms with Crippen molar-refractivity contribution in [2.45, 2.75) is 25.3 Å². The van der Waals surface area contributed by atoms with Gasteiger partial charge in [-0.1, -0.05) is 11.6 Å². The van der Waals surface area contributed by atoms with Gasteiger partial charge < -0.3 is 15.6 Å². The molecular formula is C17H17ClN6O. The van der Waals surface area contributed by atoms with Crippen molar-refractivity contribution in [2.24, 2.45) is 0 Å². The summed E-state index contributed by atoms with van der Waals surface area (Å²) in [4.78, 5) is 28.4. The van der Waals surface area contributed by atoms with Crippen molar-refractivity contribution in [3.05, 3.63) is 35.7 Å². The number of fused-ring (bicyclic) bond motifs is 1. The molecule has 0 aliphatic carbocycles. The quantitative estimate of drug-likeness (QED) is 0.670. The molecule has 1 amide bonds. The van der Waals surface area contributed by atoms with Crippen LogP contribution < -0.4 is 10.6 Å². The predicted molar refractivity (Wildman–Crippen MR) is 96.4 cm³/mol. The highest BCUT2D eigenvalue weighted by Gasteiger charge is 2.21. The molecule has 128 valence electrons. The summed E-state index contributed by atoms with van der Waals surface area (Å²) in [5.41, 5.74) is 1.54. The summed E-state index contributed by atoms with van der Waals surface area (Å²) in [6.45, 7) is 0.731. The van der Waals surface area contributed by atoms with Gasteiger partial charge in [0.25, 0.3) is 0 Å². The SMILES string of the molecule is O=C1NCCCC[C@@H]1Nc1ccnc(-c2c[nH]c3ncc(Cl)cc23)n1. The monoisotopic (exact) mass is 356 g/mol.